The van der Waals surface area contributed by atoms with E-state index in [9.17, 15) is 14.4 Å². The zero-order valence-electron chi connectivity index (χ0n) is 34.5. The van der Waals surface area contributed by atoms with E-state index in [-0.39, 0.29) is 29.2 Å². The topological polar surface area (TPSA) is 155 Å². The highest BCUT2D eigenvalue weighted by molar-refractivity contribution is 6.33. The van der Waals surface area contributed by atoms with E-state index in [1.807, 2.05) is 23.9 Å². The van der Waals surface area contributed by atoms with Crippen molar-refractivity contribution in [3.05, 3.63) is 63.7 Å². The third kappa shape index (κ3) is 6.87. The van der Waals surface area contributed by atoms with Gasteiger partial charge in [0.25, 0.3) is 5.56 Å². The van der Waals surface area contributed by atoms with Gasteiger partial charge in [-0.25, -0.2) is 13.8 Å². The molecule has 0 spiro atoms. The Morgan fingerprint density at radius 1 is 0.968 bits per heavy atom. The van der Waals surface area contributed by atoms with Crippen LogP contribution in [0.5, 0.6) is 5.75 Å². The number of piperidine rings is 2. The minimum atomic E-state index is -3.13. The Hall–Kier alpha value is -5.55. The lowest BCUT2D eigenvalue weighted by atomic mass is 9.93. The van der Waals surface area contributed by atoms with E-state index in [1.165, 1.54) is 4.57 Å². The molecule has 62 heavy (non-hydrogen) atoms. The number of anilines is 5. The van der Waals surface area contributed by atoms with Gasteiger partial charge >= 0.3 is 5.92 Å². The van der Waals surface area contributed by atoms with Crippen LogP contribution in [0.1, 0.15) is 50.1 Å². The first kappa shape index (κ1) is 39.3. The highest BCUT2D eigenvalue weighted by Crippen LogP contribution is 2.49. The number of ether oxygens (including phenoxy) is 1. The molecule has 2 aromatic carbocycles. The quantitative estimate of drug-likeness (QED) is 0.172. The number of carbonyl (C=O) groups excluding carboxylic acids is 2. The number of halogens is 3. The van der Waals surface area contributed by atoms with Crippen molar-refractivity contribution in [1.29, 1.82) is 0 Å². The predicted molar refractivity (Wildman–Crippen MR) is 232 cm³/mol. The van der Waals surface area contributed by atoms with Gasteiger partial charge in [0.05, 0.1) is 40.6 Å². The summed E-state index contributed by atoms with van der Waals surface area (Å²) in [4.78, 5) is 54.5. The van der Waals surface area contributed by atoms with E-state index in [4.69, 9.17) is 26.4 Å². The molecule has 5 fully saturated rings. The number of amides is 2. The largest absolute Gasteiger partial charge is 0.480 e. The Bertz CT molecular complexity index is 2710. The fourth-order valence-corrected chi connectivity index (χ4v) is 10.6. The van der Waals surface area contributed by atoms with Gasteiger partial charge in [-0.1, -0.05) is 11.6 Å². The minimum absolute atomic E-state index is 0.101. The van der Waals surface area contributed by atoms with Crippen LogP contribution in [0.3, 0.4) is 0 Å². The first-order valence-corrected chi connectivity index (χ1v) is 22.1. The van der Waals surface area contributed by atoms with Gasteiger partial charge in [-0.15, -0.1) is 0 Å². The second kappa shape index (κ2) is 14.8. The molecule has 4 aliphatic heterocycles. The van der Waals surface area contributed by atoms with Crippen molar-refractivity contribution < 1.29 is 23.1 Å². The molecular formula is C44H48ClF2N11O4. The Kier molecular flexibility index (Phi) is 9.37. The van der Waals surface area contributed by atoms with Gasteiger partial charge in [-0.3, -0.25) is 29.3 Å². The second-order valence-corrected chi connectivity index (χ2v) is 18.4. The standard InChI is InChI=1S/C44H48ClF2N11O4/c1-54-32-9-5-25(17-30(32)37-38(42(54)61)62-22-44(46,47)39(51-37)23-3-4-23)49-40-31(45)20-48-43(52-40)58-12-11-24(29-19-34(29)58)21-56-13-15-57(16-14-56)26-6-7-27-33(18-26)55(2)53-36(27)28-8-10-35(59)50-41(28)60/h5-7,9,17-18,20,23-24,28-29,34,39,51H,3-4,8,10-16,19,21-22H2,1-2H3,(H,48,49,52)(H,50,59,60)/t24-,28?,29+,34+,39+/m1/s1. The fourth-order valence-electron chi connectivity index (χ4n) is 10.4. The third-order valence-corrected chi connectivity index (χ3v) is 14.4. The molecule has 15 nitrogen and oxygen atoms in total. The van der Waals surface area contributed by atoms with Crippen LogP contribution in [0.25, 0.3) is 21.8 Å². The number of nitrogens with zero attached hydrogens (tertiary/aromatic N) is 8. The van der Waals surface area contributed by atoms with Crippen LogP contribution in [0.15, 0.2) is 47.4 Å². The van der Waals surface area contributed by atoms with E-state index in [0.717, 1.165) is 74.4 Å². The van der Waals surface area contributed by atoms with Crippen molar-refractivity contribution in [2.75, 3.05) is 66.3 Å². The van der Waals surface area contributed by atoms with E-state index in [1.54, 1.807) is 19.3 Å². The van der Waals surface area contributed by atoms with Gasteiger partial charge in [0, 0.05) is 88.0 Å². The Morgan fingerprint density at radius 2 is 1.79 bits per heavy atom. The van der Waals surface area contributed by atoms with Crippen molar-refractivity contribution in [3.8, 4) is 5.75 Å². The van der Waals surface area contributed by atoms with Crippen molar-refractivity contribution >= 4 is 74.0 Å². The normalized spacial score (nSPS) is 26.0. The maximum absolute atomic E-state index is 15.2. The van der Waals surface area contributed by atoms with Crippen LogP contribution >= 0.6 is 11.6 Å². The second-order valence-electron chi connectivity index (χ2n) is 18.0. The summed E-state index contributed by atoms with van der Waals surface area (Å²) in [6.45, 7) is 4.84. The molecule has 3 N–H and O–H groups in total. The number of imide groups is 1. The van der Waals surface area contributed by atoms with Crippen LogP contribution in [-0.2, 0) is 23.7 Å². The van der Waals surface area contributed by atoms with Crippen molar-refractivity contribution in [3.63, 3.8) is 0 Å². The summed E-state index contributed by atoms with van der Waals surface area (Å²) in [6, 6.07) is 11.0. The number of nitrogens with one attached hydrogen (secondary N) is 3. The molecule has 324 valence electrons. The molecule has 2 amide bonds. The monoisotopic (exact) mass is 867 g/mol. The number of benzene rings is 2. The molecule has 0 radical (unpaired) electrons. The van der Waals surface area contributed by atoms with Crippen LogP contribution in [0.4, 0.5) is 37.6 Å². The number of fused-ring (bicyclic) bond motifs is 5. The zero-order chi connectivity index (χ0) is 42.6. The highest BCUT2D eigenvalue weighted by atomic mass is 35.5. The summed E-state index contributed by atoms with van der Waals surface area (Å²) < 4.78 is 39.2. The number of carbonyl (C=O) groups is 2. The lowest BCUT2D eigenvalue weighted by molar-refractivity contribution is -0.134. The summed E-state index contributed by atoms with van der Waals surface area (Å²) in [5.41, 5.74) is 3.88. The Balaban J connectivity index is 0.736. The smallest absolute Gasteiger partial charge is 0.301 e. The van der Waals surface area contributed by atoms with Crippen LogP contribution in [0, 0.1) is 17.8 Å². The first-order valence-electron chi connectivity index (χ1n) is 21.7. The van der Waals surface area contributed by atoms with Crippen molar-refractivity contribution in [2.24, 2.45) is 31.8 Å². The number of aryl methyl sites for hydroxylation is 2. The molecule has 1 unspecified atom stereocenters. The van der Waals surface area contributed by atoms with Gasteiger partial charge in [-0.05, 0) is 86.3 Å². The molecule has 7 heterocycles. The first-order chi connectivity index (χ1) is 29.9. The fraction of sp³-hybridized carbons (Fsp3) is 0.500. The third-order valence-electron chi connectivity index (χ3n) is 14.1. The summed E-state index contributed by atoms with van der Waals surface area (Å²) in [5, 5.41) is 15.5. The van der Waals surface area contributed by atoms with Gasteiger partial charge < -0.3 is 29.7 Å². The van der Waals surface area contributed by atoms with Crippen LogP contribution < -0.4 is 36.0 Å². The Morgan fingerprint density at radius 3 is 2.58 bits per heavy atom. The molecular weight excluding hydrogens is 820 g/mol. The van der Waals surface area contributed by atoms with Gasteiger partial charge in [-0.2, -0.15) is 10.1 Å². The van der Waals surface area contributed by atoms with Crippen LogP contribution in [-0.4, -0.2) is 105 Å². The lowest BCUT2D eigenvalue weighted by Gasteiger charge is -2.39. The summed E-state index contributed by atoms with van der Waals surface area (Å²) in [5.74, 6) is -2.13. The lowest BCUT2D eigenvalue weighted by Crippen LogP contribution is -2.49. The Labute approximate surface area is 360 Å². The molecule has 2 aliphatic carbocycles. The van der Waals surface area contributed by atoms with Crippen molar-refractivity contribution in [2.45, 2.75) is 62.4 Å². The molecule has 0 bridgehead atoms. The SMILES string of the molecule is Cn1nc(C2CCC(=O)NC2=O)c2ccc(N3CCN(C[C@H]4CCN(c5ncc(Cl)c(Nc6ccc7c(c6)c6c(c(=O)n7C)OCC(F)(F)[C@H](C7CC7)N6)n5)[C@H]5C[C@@H]45)CC3)cc21. The van der Waals surface area contributed by atoms with Crippen LogP contribution in [0.2, 0.25) is 5.02 Å². The molecule has 5 aromatic rings. The number of rotatable bonds is 8. The maximum atomic E-state index is 15.2. The number of alkyl halides is 2. The number of hydrogen-bond acceptors (Lipinski definition) is 12. The molecule has 5 atom stereocenters. The van der Waals surface area contributed by atoms with E-state index in [0.29, 0.717) is 76.9 Å². The highest BCUT2D eigenvalue weighted by Gasteiger charge is 2.52. The number of piperazine rings is 1. The van der Waals surface area contributed by atoms with E-state index < -0.39 is 30.0 Å². The number of hydrogen-bond donors (Lipinski definition) is 3. The number of aromatic nitrogens is 5. The van der Waals surface area contributed by atoms with E-state index in [2.05, 4.69) is 53.8 Å². The summed E-state index contributed by atoms with van der Waals surface area (Å²) >= 11 is 6.68. The van der Waals surface area contributed by atoms with Crippen molar-refractivity contribution in [1.82, 2.24) is 34.5 Å². The average Bonchev–Trinajstić information content (AvgIpc) is 4.20. The summed E-state index contributed by atoms with van der Waals surface area (Å²) in [7, 11) is 3.52. The molecule has 2 saturated carbocycles. The molecule has 11 rings (SSSR count). The molecule has 18 heteroatoms. The number of pyridine rings is 1. The van der Waals surface area contributed by atoms with E-state index >= 15 is 8.78 Å². The molecule has 6 aliphatic rings. The molecule has 3 aromatic heterocycles. The minimum Gasteiger partial charge on any atom is -0.480 e. The maximum Gasteiger partial charge on any atom is 0.301 e. The predicted octanol–water partition coefficient (Wildman–Crippen LogP) is 5.39. The van der Waals surface area contributed by atoms with Gasteiger partial charge in [0.1, 0.15) is 5.02 Å². The summed E-state index contributed by atoms with van der Waals surface area (Å²) in [6.07, 6.45) is 5.95. The average molecular weight is 868 g/mol. The van der Waals surface area contributed by atoms with Gasteiger partial charge in [0.15, 0.2) is 12.4 Å². The van der Waals surface area contributed by atoms with Gasteiger partial charge in [0.2, 0.25) is 23.5 Å². The zero-order valence-corrected chi connectivity index (χ0v) is 35.3. The molecule has 3 saturated heterocycles.